The molecule has 58 valence electrons. The van der Waals surface area contributed by atoms with Crippen molar-refractivity contribution >= 4 is 6.01 Å². The van der Waals surface area contributed by atoms with Gasteiger partial charge in [0.2, 0.25) is 0 Å². The second-order valence-corrected chi connectivity index (χ2v) is 2.03. The van der Waals surface area contributed by atoms with Crippen molar-refractivity contribution in [3.63, 3.8) is 0 Å². The molecule has 0 saturated carbocycles. The first-order valence-corrected chi connectivity index (χ1v) is 3.33. The lowest BCUT2D eigenvalue weighted by Gasteiger charge is -2.13. The maximum Gasteiger partial charge on any atom is 0.169 e. The van der Waals surface area contributed by atoms with Crippen LogP contribution in [-0.4, -0.2) is 18.3 Å². The molecule has 0 aliphatic carbocycles. The van der Waals surface area contributed by atoms with E-state index in [1.165, 1.54) is 0 Å². The Morgan fingerprint density at radius 3 is 2.40 bits per heavy atom. The number of aliphatic imine (C=N–C) groups is 2. The van der Waals surface area contributed by atoms with Crippen LogP contribution in [0.2, 0.25) is 0 Å². The van der Waals surface area contributed by atoms with E-state index in [1.54, 1.807) is 0 Å². The molecule has 0 amide bonds. The monoisotopic (exact) mass is 142 g/mol. The SMILES string of the molecule is CCN=C=NC(N)(N)CC. The van der Waals surface area contributed by atoms with Gasteiger partial charge in [0.25, 0.3) is 0 Å². The highest BCUT2D eigenvalue weighted by Crippen LogP contribution is 1.95. The van der Waals surface area contributed by atoms with Gasteiger partial charge >= 0.3 is 0 Å². The topological polar surface area (TPSA) is 76.8 Å². The normalized spacial score (nSPS) is 10.4. The molecule has 0 spiro atoms. The second-order valence-electron chi connectivity index (χ2n) is 2.03. The summed E-state index contributed by atoms with van der Waals surface area (Å²) in [5, 5.41) is 0. The average molecular weight is 142 g/mol. The molecular formula is C6H14N4. The van der Waals surface area contributed by atoms with Gasteiger partial charge in [0.1, 0.15) is 0 Å². The fourth-order valence-corrected chi connectivity index (χ4v) is 0.278. The third-order valence-corrected chi connectivity index (χ3v) is 1.05. The minimum atomic E-state index is -0.987. The molecule has 10 heavy (non-hydrogen) atoms. The quantitative estimate of drug-likeness (QED) is 0.435. The highest BCUT2D eigenvalue weighted by atomic mass is 15.2. The highest BCUT2D eigenvalue weighted by molar-refractivity contribution is 5.41. The third kappa shape index (κ3) is 4.21. The second kappa shape index (κ2) is 4.17. The zero-order chi connectivity index (χ0) is 8.04. The molecule has 4 heteroatoms. The van der Waals surface area contributed by atoms with Crippen molar-refractivity contribution in [2.45, 2.75) is 26.1 Å². The van der Waals surface area contributed by atoms with Crippen LogP contribution in [0.1, 0.15) is 20.3 Å². The predicted octanol–water partition coefficient (Wildman–Crippen LogP) is 0.161. The van der Waals surface area contributed by atoms with Crippen LogP contribution >= 0.6 is 0 Å². The zero-order valence-electron chi connectivity index (χ0n) is 6.46. The summed E-state index contributed by atoms with van der Waals surface area (Å²) < 4.78 is 0. The summed E-state index contributed by atoms with van der Waals surface area (Å²) in [5.74, 6) is -0.987. The van der Waals surface area contributed by atoms with Crippen LogP contribution in [0.4, 0.5) is 0 Å². The van der Waals surface area contributed by atoms with Crippen LogP contribution in [-0.2, 0) is 0 Å². The summed E-state index contributed by atoms with van der Waals surface area (Å²) in [4.78, 5) is 7.43. The molecule has 0 rings (SSSR count). The summed E-state index contributed by atoms with van der Waals surface area (Å²) in [5.41, 5.74) is 10.9. The first-order chi connectivity index (χ1) is 4.62. The third-order valence-electron chi connectivity index (χ3n) is 1.05. The van der Waals surface area contributed by atoms with E-state index in [0.717, 1.165) is 0 Å². The van der Waals surface area contributed by atoms with Gasteiger partial charge in [-0.15, -0.1) is 0 Å². The van der Waals surface area contributed by atoms with E-state index in [2.05, 4.69) is 16.0 Å². The van der Waals surface area contributed by atoms with Crippen molar-refractivity contribution in [3.8, 4) is 0 Å². The molecule has 0 unspecified atom stereocenters. The van der Waals surface area contributed by atoms with Crippen molar-refractivity contribution < 1.29 is 0 Å². The predicted molar refractivity (Wildman–Crippen MR) is 41.8 cm³/mol. The van der Waals surface area contributed by atoms with E-state index in [1.807, 2.05) is 13.8 Å². The molecule has 0 aromatic rings. The van der Waals surface area contributed by atoms with Crippen LogP contribution in [0.15, 0.2) is 9.98 Å². The molecule has 0 radical (unpaired) electrons. The minimum absolute atomic E-state index is 0.583. The number of hydrogen-bond acceptors (Lipinski definition) is 4. The molecule has 0 aliphatic heterocycles. The van der Waals surface area contributed by atoms with Crippen LogP contribution in [0.25, 0.3) is 0 Å². The molecule has 0 atom stereocenters. The Labute approximate surface area is 61.0 Å². The Morgan fingerprint density at radius 2 is 2.00 bits per heavy atom. The van der Waals surface area contributed by atoms with Crippen molar-refractivity contribution in [1.29, 1.82) is 0 Å². The number of rotatable bonds is 3. The Bertz CT molecular complexity index is 144. The molecule has 0 bridgehead atoms. The van der Waals surface area contributed by atoms with Gasteiger partial charge in [-0.25, -0.2) is 4.99 Å². The Morgan fingerprint density at radius 1 is 1.40 bits per heavy atom. The molecule has 4 N–H and O–H groups in total. The smallest absolute Gasteiger partial charge is 0.169 e. The maximum absolute atomic E-state index is 5.45. The minimum Gasteiger partial charge on any atom is -0.294 e. The van der Waals surface area contributed by atoms with Crippen LogP contribution in [0.5, 0.6) is 0 Å². The van der Waals surface area contributed by atoms with Gasteiger partial charge in [-0.3, -0.25) is 11.5 Å². The average Bonchev–Trinajstić information content (AvgIpc) is 1.89. The molecule has 0 aromatic carbocycles. The van der Waals surface area contributed by atoms with Gasteiger partial charge in [0.05, 0.1) is 6.01 Å². The molecule has 0 aromatic heterocycles. The van der Waals surface area contributed by atoms with Crippen molar-refractivity contribution in [3.05, 3.63) is 0 Å². The van der Waals surface area contributed by atoms with E-state index in [9.17, 15) is 0 Å². The summed E-state index contributed by atoms with van der Waals surface area (Å²) in [6, 6.07) is 2.43. The molecule has 0 aliphatic rings. The lowest BCUT2D eigenvalue weighted by Crippen LogP contribution is -2.46. The number of nitrogens with two attached hydrogens (primary N) is 2. The largest absolute Gasteiger partial charge is 0.294 e. The van der Waals surface area contributed by atoms with E-state index in [-0.39, 0.29) is 0 Å². The van der Waals surface area contributed by atoms with Gasteiger partial charge in [0, 0.05) is 6.54 Å². The summed E-state index contributed by atoms with van der Waals surface area (Å²) in [7, 11) is 0. The fourth-order valence-electron chi connectivity index (χ4n) is 0.278. The Balaban J connectivity index is 3.98. The Kier molecular flexibility index (Phi) is 3.88. The van der Waals surface area contributed by atoms with Gasteiger partial charge in [-0.2, -0.15) is 4.99 Å². The lowest BCUT2D eigenvalue weighted by atomic mass is 10.3. The molecular weight excluding hydrogens is 128 g/mol. The Hall–Kier alpha value is -0.700. The summed E-state index contributed by atoms with van der Waals surface area (Å²) in [6.07, 6.45) is 0.583. The van der Waals surface area contributed by atoms with Gasteiger partial charge in [-0.1, -0.05) is 6.92 Å². The van der Waals surface area contributed by atoms with Gasteiger partial charge in [0.15, 0.2) is 5.79 Å². The van der Waals surface area contributed by atoms with E-state index in [4.69, 9.17) is 11.5 Å². The van der Waals surface area contributed by atoms with Crippen molar-refractivity contribution in [2.75, 3.05) is 6.54 Å². The van der Waals surface area contributed by atoms with E-state index < -0.39 is 5.79 Å². The molecule has 0 fully saturated rings. The molecule has 4 nitrogen and oxygen atoms in total. The van der Waals surface area contributed by atoms with E-state index >= 15 is 0 Å². The first kappa shape index (κ1) is 9.30. The molecule has 0 saturated heterocycles. The van der Waals surface area contributed by atoms with E-state index in [0.29, 0.717) is 13.0 Å². The lowest BCUT2D eigenvalue weighted by molar-refractivity contribution is 0.452. The standard InChI is InChI=1S/C6H14N4/c1-3-6(7,8)10-5-9-4-2/h3-4,7-8H2,1-2H3. The van der Waals surface area contributed by atoms with Crippen molar-refractivity contribution in [2.24, 2.45) is 21.5 Å². The maximum atomic E-state index is 5.45. The summed E-state index contributed by atoms with van der Waals surface area (Å²) >= 11 is 0. The molecule has 0 heterocycles. The van der Waals surface area contributed by atoms with Gasteiger partial charge < -0.3 is 0 Å². The highest BCUT2D eigenvalue weighted by Gasteiger charge is 2.11. The zero-order valence-corrected chi connectivity index (χ0v) is 6.46. The van der Waals surface area contributed by atoms with Gasteiger partial charge in [-0.05, 0) is 13.3 Å². The number of hydrogen-bond donors (Lipinski definition) is 2. The first-order valence-electron chi connectivity index (χ1n) is 3.33. The van der Waals surface area contributed by atoms with Crippen LogP contribution < -0.4 is 11.5 Å². The van der Waals surface area contributed by atoms with Crippen LogP contribution in [0.3, 0.4) is 0 Å². The summed E-state index contributed by atoms with van der Waals surface area (Å²) in [6.45, 7) is 4.41. The fraction of sp³-hybridized carbons (Fsp3) is 0.833. The van der Waals surface area contributed by atoms with Crippen molar-refractivity contribution in [1.82, 2.24) is 0 Å². The van der Waals surface area contributed by atoms with Crippen LogP contribution in [0, 0.1) is 0 Å². The number of nitrogens with zero attached hydrogens (tertiary/aromatic N) is 2.